The van der Waals surface area contributed by atoms with Crippen molar-refractivity contribution in [2.24, 2.45) is 0 Å². The molecule has 6 nitrogen and oxygen atoms in total. The first-order valence-electron chi connectivity index (χ1n) is 4.68. The fourth-order valence-electron chi connectivity index (χ4n) is 1.36. The lowest BCUT2D eigenvalue weighted by Crippen LogP contribution is -2.32. The van der Waals surface area contributed by atoms with Crippen LogP contribution in [-0.2, 0) is 0 Å². The Bertz CT molecular complexity index is 527. The molecular weight excluding hydrogens is 194 g/mol. The van der Waals surface area contributed by atoms with Gasteiger partial charge in [0.1, 0.15) is 6.33 Å². The van der Waals surface area contributed by atoms with Gasteiger partial charge in [0, 0.05) is 0 Å². The smallest absolute Gasteiger partial charge is 0.280 e. The maximum absolute atomic E-state index is 12.0. The van der Waals surface area contributed by atoms with Crippen LogP contribution in [-0.4, -0.2) is 38.5 Å². The van der Waals surface area contributed by atoms with Crippen LogP contribution in [0.3, 0.4) is 0 Å². The van der Waals surface area contributed by atoms with E-state index in [-0.39, 0.29) is 11.7 Å². The van der Waals surface area contributed by atoms with Gasteiger partial charge in [0.2, 0.25) is 0 Å². The van der Waals surface area contributed by atoms with Crippen LogP contribution in [0.2, 0.25) is 0 Å². The standard InChI is InChI=1S/C9H13N5O/c1-6(13(2)3)14-5-12-8-7(9(14)15)10-4-11-8/h4-6H,1-3H3,(H,10,11). The third-order valence-corrected chi connectivity index (χ3v) is 2.52. The van der Waals surface area contributed by atoms with Crippen molar-refractivity contribution >= 4 is 11.2 Å². The summed E-state index contributed by atoms with van der Waals surface area (Å²) in [5.74, 6) is 0. The van der Waals surface area contributed by atoms with E-state index in [0.717, 1.165) is 0 Å². The average molecular weight is 207 g/mol. The molecule has 1 atom stereocenters. The predicted molar refractivity (Wildman–Crippen MR) is 56.5 cm³/mol. The topological polar surface area (TPSA) is 66.8 Å². The molecule has 0 aliphatic heterocycles. The van der Waals surface area contributed by atoms with Crippen LogP contribution >= 0.6 is 0 Å². The number of hydrogen-bond donors (Lipinski definition) is 1. The molecule has 2 rings (SSSR count). The van der Waals surface area contributed by atoms with Crippen molar-refractivity contribution in [3.8, 4) is 0 Å². The van der Waals surface area contributed by atoms with Gasteiger partial charge in [0.05, 0.1) is 12.5 Å². The van der Waals surface area contributed by atoms with Crippen molar-refractivity contribution in [2.75, 3.05) is 14.1 Å². The van der Waals surface area contributed by atoms with Crippen molar-refractivity contribution in [2.45, 2.75) is 13.1 Å². The second-order valence-corrected chi connectivity index (χ2v) is 3.65. The Hall–Kier alpha value is -1.69. The van der Waals surface area contributed by atoms with Gasteiger partial charge in [-0.3, -0.25) is 14.3 Å². The van der Waals surface area contributed by atoms with E-state index in [0.29, 0.717) is 11.2 Å². The highest BCUT2D eigenvalue weighted by atomic mass is 16.1. The molecule has 6 heteroatoms. The van der Waals surface area contributed by atoms with E-state index in [1.54, 1.807) is 4.57 Å². The number of aromatic amines is 1. The Balaban J connectivity index is 2.62. The SMILES string of the molecule is CC(N(C)C)n1cnc2nc[nH]c2c1=O. The molecule has 15 heavy (non-hydrogen) atoms. The Morgan fingerprint density at radius 2 is 2.20 bits per heavy atom. The zero-order valence-corrected chi connectivity index (χ0v) is 8.93. The van der Waals surface area contributed by atoms with Crippen LogP contribution in [0.1, 0.15) is 13.1 Å². The average Bonchev–Trinajstić information content (AvgIpc) is 2.66. The van der Waals surface area contributed by atoms with Crippen LogP contribution in [0.25, 0.3) is 11.2 Å². The summed E-state index contributed by atoms with van der Waals surface area (Å²) in [7, 11) is 3.82. The number of hydrogen-bond acceptors (Lipinski definition) is 4. The molecule has 0 saturated heterocycles. The lowest BCUT2D eigenvalue weighted by atomic mass is 10.4. The lowest BCUT2D eigenvalue weighted by molar-refractivity contribution is 0.232. The quantitative estimate of drug-likeness (QED) is 0.764. The molecule has 0 fully saturated rings. The number of imidazole rings is 1. The summed E-state index contributed by atoms with van der Waals surface area (Å²) in [5, 5.41) is 0. The largest absolute Gasteiger partial charge is 0.339 e. The summed E-state index contributed by atoms with van der Waals surface area (Å²) >= 11 is 0. The third kappa shape index (κ3) is 1.52. The molecule has 0 aromatic carbocycles. The summed E-state index contributed by atoms with van der Waals surface area (Å²) in [6, 6.07) is 0. The minimum absolute atomic E-state index is 0.0299. The van der Waals surface area contributed by atoms with Gasteiger partial charge in [-0.15, -0.1) is 0 Å². The van der Waals surface area contributed by atoms with E-state index >= 15 is 0 Å². The Labute approximate surface area is 86.6 Å². The first-order valence-corrected chi connectivity index (χ1v) is 4.68. The van der Waals surface area contributed by atoms with E-state index in [4.69, 9.17) is 0 Å². The summed E-state index contributed by atoms with van der Waals surface area (Å²) in [6.07, 6.45) is 2.97. The number of H-pyrrole nitrogens is 1. The molecule has 0 radical (unpaired) electrons. The van der Waals surface area contributed by atoms with E-state index in [1.165, 1.54) is 12.7 Å². The Morgan fingerprint density at radius 1 is 1.47 bits per heavy atom. The first kappa shape index (κ1) is 9.85. The van der Waals surface area contributed by atoms with Crippen molar-refractivity contribution < 1.29 is 0 Å². The van der Waals surface area contributed by atoms with Crippen LogP contribution in [0, 0.1) is 0 Å². The third-order valence-electron chi connectivity index (χ3n) is 2.52. The van der Waals surface area contributed by atoms with Crippen LogP contribution in [0.4, 0.5) is 0 Å². The molecule has 1 unspecified atom stereocenters. The summed E-state index contributed by atoms with van der Waals surface area (Å²) in [6.45, 7) is 1.94. The molecule has 0 bridgehead atoms. The summed E-state index contributed by atoms with van der Waals surface area (Å²) < 4.78 is 1.57. The zero-order chi connectivity index (χ0) is 11.0. The van der Waals surface area contributed by atoms with Crippen molar-refractivity contribution in [1.82, 2.24) is 24.4 Å². The van der Waals surface area contributed by atoms with Gasteiger partial charge in [-0.1, -0.05) is 0 Å². The maximum atomic E-state index is 12.0. The highest BCUT2D eigenvalue weighted by molar-refractivity contribution is 5.67. The minimum atomic E-state index is -0.0984. The van der Waals surface area contributed by atoms with Crippen molar-refractivity contribution in [3.63, 3.8) is 0 Å². The minimum Gasteiger partial charge on any atom is -0.339 e. The predicted octanol–water partition coefficient (Wildman–Crippen LogP) is 0.200. The number of aromatic nitrogens is 4. The number of rotatable bonds is 2. The monoisotopic (exact) mass is 207 g/mol. The molecular formula is C9H13N5O. The second kappa shape index (κ2) is 3.47. The number of nitrogens with one attached hydrogen (secondary N) is 1. The van der Waals surface area contributed by atoms with Gasteiger partial charge >= 0.3 is 0 Å². The Morgan fingerprint density at radius 3 is 2.87 bits per heavy atom. The number of nitrogens with zero attached hydrogens (tertiary/aromatic N) is 4. The van der Waals surface area contributed by atoms with E-state index in [2.05, 4.69) is 15.0 Å². The second-order valence-electron chi connectivity index (χ2n) is 3.65. The highest BCUT2D eigenvalue weighted by Gasteiger charge is 2.12. The summed E-state index contributed by atoms with van der Waals surface area (Å²) in [4.78, 5) is 24.7. The van der Waals surface area contributed by atoms with Gasteiger partial charge in [-0.2, -0.15) is 0 Å². The fraction of sp³-hybridized carbons (Fsp3) is 0.444. The van der Waals surface area contributed by atoms with E-state index < -0.39 is 0 Å². The molecule has 2 heterocycles. The van der Waals surface area contributed by atoms with Crippen molar-refractivity contribution in [3.05, 3.63) is 23.0 Å². The van der Waals surface area contributed by atoms with Gasteiger partial charge in [0.25, 0.3) is 5.56 Å². The van der Waals surface area contributed by atoms with Crippen molar-refractivity contribution in [1.29, 1.82) is 0 Å². The highest BCUT2D eigenvalue weighted by Crippen LogP contribution is 2.06. The van der Waals surface area contributed by atoms with Gasteiger partial charge in [0.15, 0.2) is 11.2 Å². The molecule has 2 aromatic rings. The molecule has 2 aromatic heterocycles. The van der Waals surface area contributed by atoms with E-state index in [9.17, 15) is 4.79 Å². The molecule has 0 amide bonds. The van der Waals surface area contributed by atoms with Crippen LogP contribution in [0.5, 0.6) is 0 Å². The van der Waals surface area contributed by atoms with Crippen LogP contribution < -0.4 is 5.56 Å². The molecule has 80 valence electrons. The van der Waals surface area contributed by atoms with Crippen LogP contribution in [0.15, 0.2) is 17.4 Å². The number of fused-ring (bicyclic) bond motifs is 1. The summed E-state index contributed by atoms with van der Waals surface area (Å²) in [5.41, 5.74) is 0.812. The molecule has 0 aliphatic rings. The zero-order valence-electron chi connectivity index (χ0n) is 8.93. The first-order chi connectivity index (χ1) is 7.11. The molecule has 0 saturated carbocycles. The molecule has 1 N–H and O–H groups in total. The normalized spacial score (nSPS) is 13.6. The van der Waals surface area contributed by atoms with E-state index in [1.807, 2.05) is 25.9 Å². The Kier molecular flexibility index (Phi) is 2.28. The lowest BCUT2D eigenvalue weighted by Gasteiger charge is -2.21. The molecule has 0 aliphatic carbocycles. The van der Waals surface area contributed by atoms with Gasteiger partial charge in [-0.05, 0) is 21.0 Å². The molecule has 0 spiro atoms. The fourth-order valence-corrected chi connectivity index (χ4v) is 1.36. The van der Waals surface area contributed by atoms with Gasteiger partial charge < -0.3 is 4.98 Å². The van der Waals surface area contributed by atoms with Gasteiger partial charge in [-0.25, -0.2) is 9.97 Å². The maximum Gasteiger partial charge on any atom is 0.280 e.